The molecule has 0 aliphatic carbocycles. The Morgan fingerprint density at radius 3 is 2.92 bits per heavy atom. The molecule has 25 heavy (non-hydrogen) atoms. The maximum atomic E-state index is 11.8. The molecule has 0 saturated carbocycles. The number of quaternary nitrogens is 1. The predicted octanol–water partition coefficient (Wildman–Crippen LogP) is 1.12. The Bertz CT molecular complexity index is 865. The third-order valence-electron chi connectivity index (χ3n) is 4.80. The number of piperidine rings is 1. The van der Waals surface area contributed by atoms with Gasteiger partial charge in [0.15, 0.2) is 6.04 Å². The van der Waals surface area contributed by atoms with Crippen LogP contribution in [0, 0.1) is 5.92 Å². The van der Waals surface area contributed by atoms with E-state index in [9.17, 15) is 9.90 Å². The van der Waals surface area contributed by atoms with Gasteiger partial charge in [0, 0.05) is 12.8 Å². The number of aromatic hydroxyl groups is 1. The van der Waals surface area contributed by atoms with Crippen molar-refractivity contribution in [2.24, 2.45) is 5.92 Å². The lowest BCUT2D eigenvalue weighted by Crippen LogP contribution is -3.13. The Hall–Kier alpha value is -1.97. The van der Waals surface area contributed by atoms with Gasteiger partial charge in [0.1, 0.15) is 11.2 Å². The Labute approximate surface area is 152 Å². The number of ether oxygens (including phenoxy) is 1. The quantitative estimate of drug-likeness (QED) is 0.664. The molecule has 1 aliphatic heterocycles. The van der Waals surface area contributed by atoms with Crippen molar-refractivity contribution >= 4 is 33.6 Å². The van der Waals surface area contributed by atoms with Crippen LogP contribution in [0.2, 0.25) is 0 Å². The summed E-state index contributed by atoms with van der Waals surface area (Å²) in [7, 11) is 1.45. The van der Waals surface area contributed by atoms with Crippen LogP contribution in [-0.2, 0) is 9.53 Å². The maximum Gasteiger partial charge on any atom is 0.309 e. The summed E-state index contributed by atoms with van der Waals surface area (Å²) in [5, 5.41) is 16.8. The van der Waals surface area contributed by atoms with Crippen molar-refractivity contribution in [2.75, 3.05) is 20.2 Å². The molecule has 0 spiro atoms. The molecule has 132 valence electrons. The van der Waals surface area contributed by atoms with Gasteiger partial charge < -0.3 is 14.7 Å². The second-order valence-electron chi connectivity index (χ2n) is 6.15. The molecule has 7 nitrogen and oxygen atoms in total. The largest absolute Gasteiger partial charge is 0.492 e. The minimum Gasteiger partial charge on any atom is -0.492 e. The number of carbonyl (C=O) groups excluding carboxylic acids is 1. The van der Waals surface area contributed by atoms with Crippen LogP contribution in [0.3, 0.4) is 0 Å². The van der Waals surface area contributed by atoms with E-state index < -0.39 is 0 Å². The molecule has 1 saturated heterocycles. The van der Waals surface area contributed by atoms with Crippen molar-refractivity contribution in [3.05, 3.63) is 33.6 Å². The number of carbonyl (C=O) groups is 1. The van der Waals surface area contributed by atoms with E-state index in [2.05, 4.69) is 21.5 Å². The summed E-state index contributed by atoms with van der Waals surface area (Å²) >= 11 is 3.16. The first kappa shape index (κ1) is 16.5. The number of aromatic nitrogens is 3. The number of hydrogen-bond donors (Lipinski definition) is 2. The molecular formula is C16H19N4O3S2+. The third kappa shape index (κ3) is 2.92. The van der Waals surface area contributed by atoms with E-state index in [-0.39, 0.29) is 23.8 Å². The Morgan fingerprint density at radius 1 is 1.48 bits per heavy atom. The van der Waals surface area contributed by atoms with Crippen LogP contribution < -0.4 is 4.90 Å². The molecule has 3 aromatic heterocycles. The number of nitrogens with zero attached hydrogens (tertiary/aromatic N) is 3. The number of esters is 1. The van der Waals surface area contributed by atoms with E-state index in [1.807, 2.05) is 6.07 Å². The van der Waals surface area contributed by atoms with E-state index >= 15 is 0 Å². The fraction of sp³-hybridized carbons (Fsp3) is 0.438. The molecule has 2 N–H and O–H groups in total. The van der Waals surface area contributed by atoms with Crippen molar-refractivity contribution in [3.8, 4) is 5.88 Å². The molecule has 0 bridgehead atoms. The van der Waals surface area contributed by atoms with Crippen LogP contribution >= 0.6 is 22.7 Å². The van der Waals surface area contributed by atoms with Gasteiger partial charge >= 0.3 is 5.97 Å². The van der Waals surface area contributed by atoms with Crippen LogP contribution in [-0.4, -0.2) is 45.9 Å². The van der Waals surface area contributed by atoms with Crippen LogP contribution in [0.4, 0.5) is 0 Å². The summed E-state index contributed by atoms with van der Waals surface area (Å²) in [4.78, 5) is 20.1. The number of methoxy groups -OCH3 is 1. The van der Waals surface area contributed by atoms with Crippen molar-refractivity contribution in [3.63, 3.8) is 0 Å². The summed E-state index contributed by atoms with van der Waals surface area (Å²) in [6.07, 6.45) is 3.04. The number of nitrogens with one attached hydrogen (secondary N) is 1. The molecule has 1 atom stereocenters. The first-order valence-corrected chi connectivity index (χ1v) is 9.86. The predicted molar refractivity (Wildman–Crippen MR) is 94.1 cm³/mol. The molecule has 9 heteroatoms. The fourth-order valence-electron chi connectivity index (χ4n) is 3.53. The van der Waals surface area contributed by atoms with E-state index in [4.69, 9.17) is 4.74 Å². The fourth-order valence-corrected chi connectivity index (χ4v) is 5.61. The monoisotopic (exact) mass is 379 g/mol. The SMILES string of the molecule is COC(=O)C1CC[NH+]([C@H](c2cccs2)c2sc3ncnn3c2O)CC1. The highest BCUT2D eigenvalue weighted by Gasteiger charge is 2.37. The highest BCUT2D eigenvalue weighted by atomic mass is 32.1. The second-order valence-corrected chi connectivity index (χ2v) is 8.14. The highest BCUT2D eigenvalue weighted by Crippen LogP contribution is 2.36. The Morgan fingerprint density at radius 2 is 2.28 bits per heavy atom. The van der Waals surface area contributed by atoms with Crippen molar-refractivity contribution in [1.29, 1.82) is 0 Å². The molecule has 0 radical (unpaired) electrons. The molecule has 1 fully saturated rings. The lowest BCUT2D eigenvalue weighted by molar-refractivity contribution is -0.930. The van der Waals surface area contributed by atoms with Crippen molar-refractivity contribution < 1.29 is 19.5 Å². The number of thiophene rings is 1. The van der Waals surface area contributed by atoms with Crippen LogP contribution in [0.1, 0.15) is 28.6 Å². The minimum atomic E-state index is -0.117. The summed E-state index contributed by atoms with van der Waals surface area (Å²) in [6.45, 7) is 1.71. The van der Waals surface area contributed by atoms with E-state index in [1.54, 1.807) is 11.3 Å². The minimum absolute atomic E-state index is 0.0198. The molecule has 4 rings (SSSR count). The first-order valence-electron chi connectivity index (χ1n) is 8.16. The number of thiazole rings is 1. The van der Waals surface area contributed by atoms with Gasteiger partial charge in [0.05, 0.1) is 31.0 Å². The Balaban J connectivity index is 1.65. The maximum absolute atomic E-state index is 11.8. The molecule has 1 aliphatic rings. The van der Waals surface area contributed by atoms with Crippen LogP contribution in [0.5, 0.6) is 5.88 Å². The summed E-state index contributed by atoms with van der Waals surface area (Å²) in [5.41, 5.74) is 0. The molecule has 0 unspecified atom stereocenters. The van der Waals surface area contributed by atoms with Gasteiger partial charge in [-0.05, 0) is 11.4 Å². The lowest BCUT2D eigenvalue weighted by atomic mass is 9.95. The number of hydrogen-bond acceptors (Lipinski definition) is 7. The normalized spacial score (nSPS) is 22.1. The van der Waals surface area contributed by atoms with E-state index in [0.717, 1.165) is 30.8 Å². The summed E-state index contributed by atoms with van der Waals surface area (Å²) in [5.74, 6) is 0.0282. The topological polar surface area (TPSA) is 81.2 Å². The molecule has 3 aromatic rings. The van der Waals surface area contributed by atoms with Gasteiger partial charge in [-0.25, -0.2) is 4.98 Å². The number of rotatable bonds is 4. The zero-order valence-corrected chi connectivity index (χ0v) is 15.3. The highest BCUT2D eigenvalue weighted by molar-refractivity contribution is 7.17. The van der Waals surface area contributed by atoms with Gasteiger partial charge in [0.2, 0.25) is 10.8 Å². The number of likely N-dealkylation sites (tertiary alicyclic amines) is 1. The molecule has 0 amide bonds. The average molecular weight is 379 g/mol. The zero-order valence-electron chi connectivity index (χ0n) is 13.7. The van der Waals surface area contributed by atoms with Gasteiger partial charge in [-0.3, -0.25) is 4.79 Å². The van der Waals surface area contributed by atoms with Crippen molar-refractivity contribution in [1.82, 2.24) is 14.6 Å². The second kappa shape index (κ2) is 6.74. The lowest BCUT2D eigenvalue weighted by Gasteiger charge is -2.33. The van der Waals surface area contributed by atoms with Crippen LogP contribution in [0.25, 0.3) is 4.96 Å². The van der Waals surface area contributed by atoms with E-state index in [0.29, 0.717) is 4.96 Å². The van der Waals surface area contributed by atoms with Gasteiger partial charge in [0.25, 0.3) is 0 Å². The van der Waals surface area contributed by atoms with Crippen molar-refractivity contribution in [2.45, 2.75) is 18.9 Å². The smallest absolute Gasteiger partial charge is 0.309 e. The zero-order chi connectivity index (χ0) is 17.4. The standard InChI is InChI=1S/C16H18N4O3S2/c1-23-15(22)10-4-6-19(7-5-10)12(11-3-2-8-24-11)13-14(21)20-16(25-13)17-9-18-20/h2-3,8-10,12,21H,4-7H2,1H3/p+1/t12-/m1/s1. The number of fused-ring (bicyclic) bond motifs is 1. The summed E-state index contributed by atoms with van der Waals surface area (Å²) in [6, 6.07) is 4.17. The molecule has 4 heterocycles. The third-order valence-corrected chi connectivity index (χ3v) is 6.84. The molecule has 0 aromatic carbocycles. The van der Waals surface area contributed by atoms with Gasteiger partial charge in [-0.15, -0.1) is 11.3 Å². The average Bonchev–Trinajstić information content (AvgIpc) is 3.36. The Kier molecular flexibility index (Phi) is 4.45. The summed E-state index contributed by atoms with van der Waals surface area (Å²) < 4.78 is 6.37. The van der Waals surface area contributed by atoms with E-state index in [1.165, 1.54) is 39.1 Å². The van der Waals surface area contributed by atoms with Gasteiger partial charge in [-0.1, -0.05) is 17.4 Å². The molecular weight excluding hydrogens is 360 g/mol. The first-order chi connectivity index (χ1) is 12.2. The van der Waals surface area contributed by atoms with Crippen LogP contribution in [0.15, 0.2) is 23.8 Å². The van der Waals surface area contributed by atoms with Gasteiger partial charge in [-0.2, -0.15) is 9.61 Å².